The average Bonchev–Trinajstić information content (AvgIpc) is 1.69. The molecule has 9 rings (SSSR count). The number of methoxy groups -OCH3 is 1. The number of nitrogens with zero attached hydrogens (tertiary/aromatic N) is 7. The van der Waals surface area contributed by atoms with Gasteiger partial charge in [-0.2, -0.15) is 0 Å². The van der Waals surface area contributed by atoms with Crippen LogP contribution in [-0.4, -0.2) is 129 Å². The van der Waals surface area contributed by atoms with Crippen molar-refractivity contribution in [1.29, 1.82) is 0 Å². The van der Waals surface area contributed by atoms with Crippen molar-refractivity contribution < 1.29 is 56.7 Å². The number of aromatic nitrogens is 4. The monoisotopic (exact) mass is 1250 g/mol. The smallest absolute Gasteiger partial charge is 0.410 e. The summed E-state index contributed by atoms with van der Waals surface area (Å²) in [4.78, 5) is 80.1. The van der Waals surface area contributed by atoms with E-state index in [9.17, 15) is 23.6 Å². The van der Waals surface area contributed by atoms with Crippen molar-refractivity contribution in [1.82, 2.24) is 34.6 Å². The molecule has 466 valence electrons. The van der Waals surface area contributed by atoms with Crippen LogP contribution in [0, 0.1) is 12.7 Å². The molecule has 0 saturated carbocycles. The number of rotatable bonds is 22. The fourth-order valence-electron chi connectivity index (χ4n) is 10.1. The van der Waals surface area contributed by atoms with E-state index in [-0.39, 0.29) is 51.2 Å². The molecule has 1 aliphatic heterocycles. The molecule has 5 aromatic carbocycles. The number of para-hydroxylation sites is 1. The van der Waals surface area contributed by atoms with E-state index in [0.717, 1.165) is 5.56 Å². The first-order valence-corrected chi connectivity index (χ1v) is 30.6. The van der Waals surface area contributed by atoms with Crippen molar-refractivity contribution >= 4 is 57.3 Å². The number of piperazine rings is 1. The Bertz CT molecular complexity index is 3790. The third-order valence-corrected chi connectivity index (χ3v) is 16.0. The topological polar surface area (TPSA) is 194 Å². The van der Waals surface area contributed by atoms with E-state index in [1.165, 1.54) is 29.8 Å². The number of thiophene rings is 1. The van der Waals surface area contributed by atoms with Crippen LogP contribution in [0.5, 0.6) is 17.4 Å². The van der Waals surface area contributed by atoms with Gasteiger partial charge < -0.3 is 43.0 Å². The van der Waals surface area contributed by atoms with E-state index in [1.807, 2.05) is 94.4 Å². The summed E-state index contributed by atoms with van der Waals surface area (Å²) >= 11 is 8.79. The van der Waals surface area contributed by atoms with Crippen LogP contribution in [0.25, 0.3) is 43.2 Å². The lowest BCUT2D eigenvalue weighted by molar-refractivity contribution is -0.154. The minimum absolute atomic E-state index is 0.000685. The summed E-state index contributed by atoms with van der Waals surface area (Å²) in [6, 6.07) is 33.8. The highest BCUT2D eigenvalue weighted by atomic mass is 35.5. The molecule has 1 fully saturated rings. The summed E-state index contributed by atoms with van der Waals surface area (Å²) in [6.45, 7) is 17.6. The number of esters is 2. The van der Waals surface area contributed by atoms with Gasteiger partial charge in [0.25, 0.3) is 0 Å². The Kier molecular flexibility index (Phi) is 21.1. The second-order valence-electron chi connectivity index (χ2n) is 23.3. The maximum atomic E-state index is 14.7. The Morgan fingerprint density at radius 1 is 0.764 bits per heavy atom. The predicted octanol–water partition coefficient (Wildman–Crippen LogP) is 13.3. The van der Waals surface area contributed by atoms with Crippen molar-refractivity contribution in [3.63, 3.8) is 0 Å². The molecule has 18 nitrogen and oxygen atoms in total. The molecule has 3 aromatic heterocycles. The number of ether oxygens (including phenoxy) is 7. The number of benzene rings is 5. The van der Waals surface area contributed by atoms with Crippen LogP contribution in [0.4, 0.5) is 14.0 Å². The molecule has 89 heavy (non-hydrogen) atoms. The molecule has 21 heteroatoms. The molecular formula is C68H73ClFN7O11S. The van der Waals surface area contributed by atoms with Crippen LogP contribution in [-0.2, 0) is 61.1 Å². The Morgan fingerprint density at radius 3 is 2.21 bits per heavy atom. The second kappa shape index (κ2) is 29.1. The lowest BCUT2D eigenvalue weighted by Gasteiger charge is -2.35. The zero-order valence-corrected chi connectivity index (χ0v) is 53.0. The molecule has 8 aromatic rings. The molecule has 0 unspecified atom stereocenters. The van der Waals surface area contributed by atoms with Crippen molar-refractivity contribution in [2.45, 2.75) is 105 Å². The van der Waals surface area contributed by atoms with Gasteiger partial charge in [-0.25, -0.2) is 38.7 Å². The fraction of sp³-hybridized carbons (Fsp3) is 0.353. The molecule has 1 atom stereocenters. The quantitative estimate of drug-likeness (QED) is 0.0459. The maximum Gasteiger partial charge on any atom is 0.410 e. The van der Waals surface area contributed by atoms with Crippen molar-refractivity contribution in [2.24, 2.45) is 0 Å². The van der Waals surface area contributed by atoms with Gasteiger partial charge in [0.1, 0.15) is 52.9 Å². The van der Waals surface area contributed by atoms with Gasteiger partial charge in [0.15, 0.2) is 5.82 Å². The van der Waals surface area contributed by atoms with Gasteiger partial charge >= 0.3 is 24.1 Å². The Hall–Kier alpha value is -8.72. The standard InChI is InChI=1S/C68H73ClFN7O11S/c1-10-83-64(79)55(38-48-36-45(37-56(78)87-67(3,4)5)20-27-53(48)84-41-50-28-29-71-61(74-50)52-18-14-15-19-54(52)82-9)86-62-58-57(60(89-63(58)73-42-72-62)46-21-24-49(70)25-22-46)51-26-23-47(59(69)43(51)2)39-77(66(81)88-68(6,7)8)35-32-75-30-33-76(34-31-75)65(80)85-40-44-16-12-11-13-17-44/h11-29,36,42,55H,10,30-35,37-41H2,1-9H3/t55-/m0/s1. The van der Waals surface area contributed by atoms with Gasteiger partial charge in [0, 0.05) is 67.3 Å². The number of amides is 2. The number of hydrogen-bond donors (Lipinski definition) is 0. The summed E-state index contributed by atoms with van der Waals surface area (Å²) in [5.41, 5.74) is 4.95. The van der Waals surface area contributed by atoms with E-state index < -0.39 is 41.2 Å². The first-order chi connectivity index (χ1) is 42.6. The molecule has 2 amide bonds. The highest BCUT2D eigenvalue weighted by Gasteiger charge is 2.32. The zero-order valence-electron chi connectivity index (χ0n) is 51.5. The van der Waals surface area contributed by atoms with Crippen molar-refractivity contribution in [3.05, 3.63) is 172 Å². The van der Waals surface area contributed by atoms with Crippen LogP contribution in [0.3, 0.4) is 0 Å². The Labute approximate surface area is 526 Å². The van der Waals surface area contributed by atoms with Gasteiger partial charge in [-0.1, -0.05) is 90.5 Å². The van der Waals surface area contributed by atoms with Gasteiger partial charge in [0.2, 0.25) is 12.0 Å². The third-order valence-electron chi connectivity index (χ3n) is 14.4. The number of carbonyl (C=O) groups is 4. The molecule has 4 heterocycles. The lowest BCUT2D eigenvalue weighted by atomic mass is 9.94. The summed E-state index contributed by atoms with van der Waals surface area (Å²) in [5, 5.41) is 0.825. The number of halogens is 2. The SMILES string of the molecule is CCOC(=O)[C@H](Cc1cc(CC(=O)OC(C)(C)C)ccc1OCc1ccnc(-c2ccccc2OC)n1)Oc1ncnc2sc(-c3ccc(F)cc3)c(-c3ccc(CN(CCN4CCN(C(=O)OCc5ccccc5)CC4)C(=O)OC(C)(C)C)c(Cl)c3C)c12. The molecule has 0 N–H and O–H groups in total. The molecule has 0 bridgehead atoms. The largest absolute Gasteiger partial charge is 0.496 e. The van der Waals surface area contributed by atoms with E-state index in [2.05, 4.69) is 9.88 Å². The minimum Gasteiger partial charge on any atom is -0.496 e. The van der Waals surface area contributed by atoms with Crippen LogP contribution in [0.15, 0.2) is 128 Å². The summed E-state index contributed by atoms with van der Waals surface area (Å²) < 4.78 is 56.5. The number of hydrogen-bond acceptors (Lipinski definition) is 17. The number of fused-ring (bicyclic) bond motifs is 1. The van der Waals surface area contributed by atoms with Crippen molar-refractivity contribution in [2.75, 3.05) is 53.0 Å². The first-order valence-electron chi connectivity index (χ1n) is 29.4. The van der Waals surface area contributed by atoms with Crippen LogP contribution < -0.4 is 14.2 Å². The van der Waals surface area contributed by atoms with Crippen LogP contribution >= 0.6 is 22.9 Å². The maximum absolute atomic E-state index is 14.7. The first kappa shape index (κ1) is 64.7. The molecule has 1 saturated heterocycles. The highest BCUT2D eigenvalue weighted by Crippen LogP contribution is 2.49. The summed E-state index contributed by atoms with van der Waals surface area (Å²) in [5.74, 6) is -0.105. The second-order valence-corrected chi connectivity index (χ2v) is 24.7. The minimum atomic E-state index is -1.35. The van der Waals surface area contributed by atoms with Gasteiger partial charge in [-0.3, -0.25) is 9.69 Å². The highest BCUT2D eigenvalue weighted by molar-refractivity contribution is 7.22. The Balaban J connectivity index is 1.03. The van der Waals surface area contributed by atoms with Crippen molar-refractivity contribution in [3.8, 4) is 50.3 Å². The molecule has 0 radical (unpaired) electrons. The number of carbonyl (C=O) groups excluding carboxylic acids is 4. The Morgan fingerprint density at radius 2 is 1.49 bits per heavy atom. The van der Waals surface area contributed by atoms with E-state index in [1.54, 1.807) is 87.2 Å². The zero-order chi connectivity index (χ0) is 63.4. The predicted molar refractivity (Wildman–Crippen MR) is 338 cm³/mol. The van der Waals surface area contributed by atoms with Crippen LogP contribution in [0.2, 0.25) is 5.02 Å². The van der Waals surface area contributed by atoms with Gasteiger partial charge in [0.05, 0.1) is 43.3 Å². The third kappa shape index (κ3) is 17.1. The summed E-state index contributed by atoms with van der Waals surface area (Å²) in [6.07, 6.45) is 0.559. The summed E-state index contributed by atoms with van der Waals surface area (Å²) in [7, 11) is 1.58. The lowest BCUT2D eigenvalue weighted by Crippen LogP contribution is -2.51. The van der Waals surface area contributed by atoms with Gasteiger partial charge in [-0.05, 0) is 131 Å². The molecular weight excluding hydrogens is 1180 g/mol. The molecule has 0 spiro atoms. The fourth-order valence-corrected chi connectivity index (χ4v) is 11.5. The molecule has 0 aliphatic carbocycles. The van der Waals surface area contributed by atoms with E-state index >= 15 is 0 Å². The average molecular weight is 1250 g/mol. The molecule has 1 aliphatic rings. The van der Waals surface area contributed by atoms with Gasteiger partial charge in [-0.15, -0.1) is 11.3 Å². The van der Waals surface area contributed by atoms with Crippen LogP contribution in [0.1, 0.15) is 82.0 Å². The normalized spacial score (nSPS) is 13.1. The van der Waals surface area contributed by atoms with E-state index in [0.29, 0.717) is 127 Å². The van der Waals surface area contributed by atoms with E-state index in [4.69, 9.17) is 59.7 Å².